The summed E-state index contributed by atoms with van der Waals surface area (Å²) in [4.78, 5) is 12.3. The van der Waals surface area contributed by atoms with Gasteiger partial charge in [0.1, 0.15) is 11.5 Å². The topological polar surface area (TPSA) is 59.6 Å². The molecule has 1 aliphatic heterocycles. The first-order chi connectivity index (χ1) is 11.0. The zero-order chi connectivity index (χ0) is 16.8. The van der Waals surface area contributed by atoms with Crippen LogP contribution in [0.15, 0.2) is 12.1 Å². The van der Waals surface area contributed by atoms with E-state index in [1.807, 2.05) is 0 Å². The number of carbonyl (C=O) groups is 1. The third-order valence-electron chi connectivity index (χ3n) is 4.40. The lowest BCUT2D eigenvalue weighted by Crippen LogP contribution is -2.34. The number of ether oxygens (including phenoxy) is 2. The predicted molar refractivity (Wildman–Crippen MR) is 99.8 cm³/mol. The third kappa shape index (κ3) is 5.43. The Morgan fingerprint density at radius 3 is 2.67 bits per heavy atom. The highest BCUT2D eigenvalue weighted by Gasteiger charge is 2.22. The van der Waals surface area contributed by atoms with Crippen LogP contribution in [-0.2, 0) is 4.79 Å². The average molecular weight is 377 g/mol. The number of halogens is 2. The highest BCUT2D eigenvalue weighted by Crippen LogP contribution is 2.36. The fourth-order valence-corrected chi connectivity index (χ4v) is 3.22. The van der Waals surface area contributed by atoms with Crippen LogP contribution >= 0.6 is 24.0 Å². The molecule has 1 heterocycles. The van der Waals surface area contributed by atoms with Crippen molar-refractivity contribution in [1.29, 1.82) is 0 Å². The highest BCUT2D eigenvalue weighted by molar-refractivity contribution is 6.32. The van der Waals surface area contributed by atoms with Gasteiger partial charge < -0.3 is 20.1 Å². The molecule has 136 valence electrons. The van der Waals surface area contributed by atoms with E-state index in [-0.39, 0.29) is 18.3 Å². The number of rotatable bonds is 6. The number of nitrogens with one attached hydrogen (secondary N) is 2. The zero-order valence-corrected chi connectivity index (χ0v) is 15.9. The third-order valence-corrected chi connectivity index (χ3v) is 4.69. The van der Waals surface area contributed by atoms with Crippen LogP contribution in [0.1, 0.15) is 26.2 Å². The summed E-state index contributed by atoms with van der Waals surface area (Å²) in [6.45, 7) is 4.21. The molecule has 0 radical (unpaired) electrons. The first-order valence-electron chi connectivity index (χ1n) is 7.97. The summed E-state index contributed by atoms with van der Waals surface area (Å²) in [5, 5.41) is 6.73. The first-order valence-corrected chi connectivity index (χ1v) is 8.35. The molecule has 0 aromatic heterocycles. The maximum absolute atomic E-state index is 12.3. The Balaban J connectivity index is 0.00000288. The summed E-state index contributed by atoms with van der Waals surface area (Å²) < 4.78 is 10.5. The lowest BCUT2D eigenvalue weighted by atomic mass is 9.85. The van der Waals surface area contributed by atoms with Crippen LogP contribution in [0, 0.1) is 11.8 Å². The van der Waals surface area contributed by atoms with Crippen molar-refractivity contribution in [2.75, 3.05) is 32.6 Å². The molecule has 0 spiro atoms. The molecule has 1 aliphatic rings. The van der Waals surface area contributed by atoms with Gasteiger partial charge in [0.15, 0.2) is 0 Å². The number of carbonyl (C=O) groups excluding carboxylic acids is 1. The van der Waals surface area contributed by atoms with E-state index >= 15 is 0 Å². The fraction of sp³-hybridized carbons (Fsp3) is 0.588. The van der Waals surface area contributed by atoms with Gasteiger partial charge in [0.05, 0.1) is 24.9 Å². The van der Waals surface area contributed by atoms with Crippen molar-refractivity contribution >= 4 is 35.6 Å². The number of amides is 1. The van der Waals surface area contributed by atoms with Gasteiger partial charge in [-0.1, -0.05) is 18.5 Å². The normalized spacial score (nSPS) is 18.2. The van der Waals surface area contributed by atoms with Crippen LogP contribution in [0.5, 0.6) is 11.5 Å². The van der Waals surface area contributed by atoms with E-state index in [1.54, 1.807) is 26.4 Å². The van der Waals surface area contributed by atoms with E-state index in [2.05, 4.69) is 17.6 Å². The molecule has 0 saturated carbocycles. The Morgan fingerprint density at radius 1 is 1.38 bits per heavy atom. The Kier molecular flexibility index (Phi) is 8.67. The second-order valence-corrected chi connectivity index (χ2v) is 6.43. The van der Waals surface area contributed by atoms with Crippen molar-refractivity contribution in [1.82, 2.24) is 5.32 Å². The largest absolute Gasteiger partial charge is 0.495 e. The van der Waals surface area contributed by atoms with Gasteiger partial charge in [-0.25, -0.2) is 0 Å². The Hall–Kier alpha value is -1.17. The predicted octanol–water partition coefficient (Wildman–Crippen LogP) is 3.74. The van der Waals surface area contributed by atoms with E-state index in [4.69, 9.17) is 21.1 Å². The molecule has 2 rings (SSSR count). The molecule has 5 nitrogen and oxygen atoms in total. The molecule has 1 aromatic rings. The van der Waals surface area contributed by atoms with Gasteiger partial charge >= 0.3 is 0 Å². The van der Waals surface area contributed by atoms with Gasteiger partial charge in [-0.05, 0) is 43.8 Å². The summed E-state index contributed by atoms with van der Waals surface area (Å²) in [5.74, 6) is 1.91. The van der Waals surface area contributed by atoms with Crippen LogP contribution < -0.4 is 20.1 Å². The molecule has 0 bridgehead atoms. The Labute approximate surface area is 154 Å². The molecule has 1 fully saturated rings. The van der Waals surface area contributed by atoms with Gasteiger partial charge in [0, 0.05) is 12.5 Å². The van der Waals surface area contributed by atoms with Crippen molar-refractivity contribution < 1.29 is 14.3 Å². The highest BCUT2D eigenvalue weighted by atomic mass is 35.5. The van der Waals surface area contributed by atoms with Crippen LogP contribution in [0.4, 0.5) is 5.69 Å². The van der Waals surface area contributed by atoms with Gasteiger partial charge in [-0.2, -0.15) is 0 Å². The molecular weight excluding hydrogens is 351 g/mol. The van der Waals surface area contributed by atoms with Crippen LogP contribution in [0.25, 0.3) is 0 Å². The van der Waals surface area contributed by atoms with Crippen molar-refractivity contribution in [2.24, 2.45) is 11.8 Å². The average Bonchev–Trinajstić information content (AvgIpc) is 2.55. The summed E-state index contributed by atoms with van der Waals surface area (Å²) in [5.41, 5.74) is 0.567. The quantitative estimate of drug-likeness (QED) is 0.793. The van der Waals surface area contributed by atoms with E-state index in [0.717, 1.165) is 13.1 Å². The smallest absolute Gasteiger partial charge is 0.224 e. The number of anilines is 1. The summed E-state index contributed by atoms with van der Waals surface area (Å²) in [6, 6.07) is 3.33. The molecule has 1 aromatic carbocycles. The molecular formula is C17H26Cl2N2O3. The summed E-state index contributed by atoms with van der Waals surface area (Å²) in [6.07, 6.45) is 2.84. The van der Waals surface area contributed by atoms with Gasteiger partial charge in [-0.3, -0.25) is 4.79 Å². The fourth-order valence-electron chi connectivity index (χ4n) is 2.98. The number of methoxy groups -OCH3 is 2. The monoisotopic (exact) mass is 376 g/mol. The minimum atomic E-state index is -0.0254. The first kappa shape index (κ1) is 20.9. The van der Waals surface area contributed by atoms with Gasteiger partial charge in [-0.15, -0.1) is 12.4 Å². The summed E-state index contributed by atoms with van der Waals surface area (Å²) >= 11 is 6.13. The number of benzene rings is 1. The number of hydrogen-bond acceptors (Lipinski definition) is 4. The molecule has 7 heteroatoms. The zero-order valence-electron chi connectivity index (χ0n) is 14.4. The van der Waals surface area contributed by atoms with Crippen molar-refractivity contribution in [2.45, 2.75) is 26.2 Å². The molecule has 2 N–H and O–H groups in total. The molecule has 0 aliphatic carbocycles. The standard InChI is InChI=1S/C17H25ClN2O3.ClH/c1-11(12-5-4-6-19-10-12)7-17(21)20-14-8-13(18)15(22-2)9-16(14)23-3;/h8-9,11-12,19H,4-7,10H2,1-3H3,(H,20,21);1H. The van der Waals surface area contributed by atoms with Crippen molar-refractivity contribution in [3.05, 3.63) is 17.2 Å². The molecule has 1 saturated heterocycles. The lowest BCUT2D eigenvalue weighted by molar-refractivity contribution is -0.117. The second kappa shape index (κ2) is 9.97. The molecule has 2 atom stereocenters. The minimum absolute atomic E-state index is 0. The van der Waals surface area contributed by atoms with Crippen LogP contribution in [-0.4, -0.2) is 33.2 Å². The number of piperidine rings is 1. The Bertz CT molecular complexity index is 549. The van der Waals surface area contributed by atoms with E-state index in [0.29, 0.717) is 40.5 Å². The Morgan fingerprint density at radius 2 is 2.08 bits per heavy atom. The van der Waals surface area contributed by atoms with Crippen LogP contribution in [0.3, 0.4) is 0 Å². The molecule has 24 heavy (non-hydrogen) atoms. The van der Waals surface area contributed by atoms with E-state index in [1.165, 1.54) is 12.8 Å². The SMILES string of the molecule is COc1cc(OC)c(NC(=O)CC(C)C2CCCNC2)cc1Cl.Cl. The molecule has 2 unspecified atom stereocenters. The lowest BCUT2D eigenvalue weighted by Gasteiger charge is -2.28. The second-order valence-electron chi connectivity index (χ2n) is 6.02. The van der Waals surface area contributed by atoms with Gasteiger partial charge in [0.25, 0.3) is 0 Å². The van der Waals surface area contributed by atoms with Crippen molar-refractivity contribution in [3.63, 3.8) is 0 Å². The van der Waals surface area contributed by atoms with Crippen LogP contribution in [0.2, 0.25) is 5.02 Å². The maximum Gasteiger partial charge on any atom is 0.224 e. The van der Waals surface area contributed by atoms with Gasteiger partial charge in [0.2, 0.25) is 5.91 Å². The maximum atomic E-state index is 12.3. The van der Waals surface area contributed by atoms with E-state index in [9.17, 15) is 4.79 Å². The van der Waals surface area contributed by atoms with Crippen molar-refractivity contribution in [3.8, 4) is 11.5 Å². The number of hydrogen-bond donors (Lipinski definition) is 2. The summed E-state index contributed by atoms with van der Waals surface area (Å²) in [7, 11) is 3.09. The van der Waals surface area contributed by atoms with E-state index < -0.39 is 0 Å². The molecule has 1 amide bonds. The minimum Gasteiger partial charge on any atom is -0.495 e.